The van der Waals surface area contributed by atoms with Gasteiger partial charge >= 0.3 is 5.97 Å². The number of amides is 1. The highest BCUT2D eigenvalue weighted by Gasteiger charge is 2.15. The Morgan fingerprint density at radius 2 is 1.76 bits per heavy atom. The van der Waals surface area contributed by atoms with Gasteiger partial charge in [0, 0.05) is 5.56 Å². The quantitative estimate of drug-likeness (QED) is 0.909. The summed E-state index contributed by atoms with van der Waals surface area (Å²) in [6, 6.07) is 8.52. The Hall–Kier alpha value is -2.69. The van der Waals surface area contributed by atoms with Crippen molar-refractivity contribution in [2.45, 2.75) is 13.8 Å². The first kappa shape index (κ1) is 14.7. The van der Waals surface area contributed by atoms with Gasteiger partial charge in [-0.15, -0.1) is 0 Å². The van der Waals surface area contributed by atoms with Gasteiger partial charge < -0.3 is 10.4 Å². The third-order valence-electron chi connectivity index (χ3n) is 3.10. The summed E-state index contributed by atoms with van der Waals surface area (Å²) in [6.45, 7) is 3.62. The van der Waals surface area contributed by atoms with E-state index in [2.05, 4.69) is 5.32 Å². The van der Waals surface area contributed by atoms with E-state index in [-0.39, 0.29) is 11.3 Å². The molecule has 0 aliphatic heterocycles. The molecule has 21 heavy (non-hydrogen) atoms. The molecule has 0 heterocycles. The standard InChI is InChI=1S/C16H14FNO3/c1-9-3-4-10(2)13(7-9)15(19)18-14-8-11(17)5-6-12(14)16(20)21/h3-8H,1-2H3,(H,18,19)(H,20,21). The minimum absolute atomic E-state index is 0.0617. The molecule has 2 aromatic carbocycles. The van der Waals surface area contributed by atoms with Crippen LogP contribution in [0, 0.1) is 19.7 Å². The number of carbonyl (C=O) groups is 2. The van der Waals surface area contributed by atoms with Gasteiger partial charge in [-0.1, -0.05) is 17.7 Å². The minimum Gasteiger partial charge on any atom is -0.478 e. The van der Waals surface area contributed by atoms with Crippen molar-refractivity contribution >= 4 is 17.6 Å². The zero-order valence-corrected chi connectivity index (χ0v) is 11.6. The van der Waals surface area contributed by atoms with E-state index < -0.39 is 17.7 Å². The summed E-state index contributed by atoms with van der Waals surface area (Å²) >= 11 is 0. The number of benzene rings is 2. The number of carboxylic acids is 1. The summed E-state index contributed by atoms with van der Waals surface area (Å²) in [4.78, 5) is 23.3. The van der Waals surface area contributed by atoms with Crippen LogP contribution in [0.25, 0.3) is 0 Å². The van der Waals surface area contributed by atoms with Gasteiger partial charge in [0.05, 0.1) is 11.3 Å². The van der Waals surface area contributed by atoms with E-state index >= 15 is 0 Å². The molecule has 0 aromatic heterocycles. The highest BCUT2D eigenvalue weighted by Crippen LogP contribution is 2.19. The lowest BCUT2D eigenvalue weighted by Gasteiger charge is -2.11. The number of aryl methyl sites for hydroxylation is 2. The lowest BCUT2D eigenvalue weighted by atomic mass is 10.0. The van der Waals surface area contributed by atoms with Crippen LogP contribution in [-0.2, 0) is 0 Å². The monoisotopic (exact) mass is 287 g/mol. The fraction of sp³-hybridized carbons (Fsp3) is 0.125. The number of anilines is 1. The van der Waals surface area contributed by atoms with Crippen LogP contribution >= 0.6 is 0 Å². The topological polar surface area (TPSA) is 66.4 Å². The van der Waals surface area contributed by atoms with Crippen molar-refractivity contribution in [1.29, 1.82) is 0 Å². The maximum Gasteiger partial charge on any atom is 0.337 e. The van der Waals surface area contributed by atoms with Crippen LogP contribution in [0.1, 0.15) is 31.8 Å². The summed E-state index contributed by atoms with van der Waals surface area (Å²) < 4.78 is 13.3. The van der Waals surface area contributed by atoms with Crippen molar-refractivity contribution in [3.8, 4) is 0 Å². The summed E-state index contributed by atoms with van der Waals surface area (Å²) in [5, 5.41) is 11.5. The fourth-order valence-electron chi connectivity index (χ4n) is 1.98. The molecular weight excluding hydrogens is 273 g/mol. The molecule has 5 heteroatoms. The third-order valence-corrected chi connectivity index (χ3v) is 3.10. The molecule has 0 fully saturated rings. The smallest absolute Gasteiger partial charge is 0.337 e. The maximum atomic E-state index is 13.3. The number of aromatic carboxylic acids is 1. The number of hydrogen-bond acceptors (Lipinski definition) is 2. The summed E-state index contributed by atoms with van der Waals surface area (Å²) in [6.07, 6.45) is 0. The van der Waals surface area contributed by atoms with Crippen molar-refractivity contribution < 1.29 is 19.1 Å². The number of halogens is 1. The van der Waals surface area contributed by atoms with Gasteiger partial charge in [0.25, 0.3) is 5.91 Å². The zero-order chi connectivity index (χ0) is 15.6. The van der Waals surface area contributed by atoms with E-state index in [9.17, 15) is 14.0 Å². The molecule has 0 saturated carbocycles. The van der Waals surface area contributed by atoms with E-state index in [1.54, 1.807) is 19.1 Å². The molecule has 2 rings (SSSR count). The normalized spacial score (nSPS) is 10.2. The van der Waals surface area contributed by atoms with Crippen LogP contribution in [0.5, 0.6) is 0 Å². The maximum absolute atomic E-state index is 13.3. The molecule has 4 nitrogen and oxygen atoms in total. The molecule has 108 valence electrons. The molecule has 0 atom stereocenters. The van der Waals surface area contributed by atoms with Gasteiger partial charge in [0.2, 0.25) is 0 Å². The molecule has 0 bridgehead atoms. The largest absolute Gasteiger partial charge is 0.478 e. The molecule has 0 saturated heterocycles. The first-order chi connectivity index (χ1) is 9.88. The Balaban J connectivity index is 2.38. The Morgan fingerprint density at radius 3 is 2.43 bits per heavy atom. The lowest BCUT2D eigenvalue weighted by Crippen LogP contribution is -2.16. The third kappa shape index (κ3) is 3.25. The Kier molecular flexibility index (Phi) is 4.03. The van der Waals surface area contributed by atoms with Gasteiger partial charge in [-0.25, -0.2) is 9.18 Å². The van der Waals surface area contributed by atoms with Gasteiger partial charge in [0.15, 0.2) is 0 Å². The van der Waals surface area contributed by atoms with E-state index in [1.807, 2.05) is 13.0 Å². The van der Waals surface area contributed by atoms with Crippen molar-refractivity contribution in [3.05, 3.63) is 64.5 Å². The zero-order valence-electron chi connectivity index (χ0n) is 11.6. The van der Waals surface area contributed by atoms with Gasteiger partial charge in [0.1, 0.15) is 5.82 Å². The summed E-state index contributed by atoms with van der Waals surface area (Å²) in [5.74, 6) is -2.31. The van der Waals surface area contributed by atoms with Crippen molar-refractivity contribution in [2.24, 2.45) is 0 Å². The second-order valence-corrected chi connectivity index (χ2v) is 4.77. The second-order valence-electron chi connectivity index (χ2n) is 4.77. The Bertz CT molecular complexity index is 725. The average Bonchev–Trinajstić information content (AvgIpc) is 2.41. The summed E-state index contributed by atoms with van der Waals surface area (Å²) in [7, 11) is 0. The number of hydrogen-bond donors (Lipinski definition) is 2. The number of carbonyl (C=O) groups excluding carboxylic acids is 1. The molecular formula is C16H14FNO3. The van der Waals surface area contributed by atoms with E-state index in [0.717, 1.165) is 29.3 Å². The fourth-order valence-corrected chi connectivity index (χ4v) is 1.98. The van der Waals surface area contributed by atoms with Crippen molar-refractivity contribution in [1.82, 2.24) is 0 Å². The lowest BCUT2D eigenvalue weighted by molar-refractivity contribution is 0.0698. The Labute approximate surface area is 121 Å². The molecule has 1 amide bonds. The number of rotatable bonds is 3. The van der Waals surface area contributed by atoms with Crippen molar-refractivity contribution in [3.63, 3.8) is 0 Å². The molecule has 2 aromatic rings. The molecule has 0 radical (unpaired) electrons. The van der Waals surface area contributed by atoms with Crippen LogP contribution < -0.4 is 5.32 Å². The van der Waals surface area contributed by atoms with E-state index in [1.165, 1.54) is 0 Å². The van der Waals surface area contributed by atoms with Crippen LogP contribution in [0.15, 0.2) is 36.4 Å². The number of carboxylic acid groups (broad SMARTS) is 1. The summed E-state index contributed by atoms with van der Waals surface area (Å²) in [5.41, 5.74) is 1.87. The molecule has 0 spiro atoms. The minimum atomic E-state index is -1.23. The Morgan fingerprint density at radius 1 is 1.05 bits per heavy atom. The van der Waals surface area contributed by atoms with E-state index in [0.29, 0.717) is 5.56 Å². The van der Waals surface area contributed by atoms with Crippen LogP contribution in [0.2, 0.25) is 0 Å². The SMILES string of the molecule is Cc1ccc(C)c(C(=O)Nc2cc(F)ccc2C(=O)O)c1. The first-order valence-corrected chi connectivity index (χ1v) is 6.30. The van der Waals surface area contributed by atoms with Gasteiger partial charge in [-0.2, -0.15) is 0 Å². The predicted molar refractivity (Wildman–Crippen MR) is 77.2 cm³/mol. The molecule has 0 aliphatic carbocycles. The van der Waals surface area contributed by atoms with Gasteiger partial charge in [-0.3, -0.25) is 4.79 Å². The van der Waals surface area contributed by atoms with Crippen molar-refractivity contribution in [2.75, 3.05) is 5.32 Å². The van der Waals surface area contributed by atoms with Crippen LogP contribution in [-0.4, -0.2) is 17.0 Å². The highest BCUT2D eigenvalue weighted by molar-refractivity contribution is 6.08. The average molecular weight is 287 g/mol. The first-order valence-electron chi connectivity index (χ1n) is 6.30. The molecule has 0 unspecified atom stereocenters. The van der Waals surface area contributed by atoms with Crippen LogP contribution in [0.4, 0.5) is 10.1 Å². The van der Waals surface area contributed by atoms with Gasteiger partial charge in [-0.05, 0) is 43.7 Å². The highest BCUT2D eigenvalue weighted by atomic mass is 19.1. The second kappa shape index (κ2) is 5.75. The number of nitrogens with one attached hydrogen (secondary N) is 1. The van der Waals surface area contributed by atoms with E-state index in [4.69, 9.17) is 5.11 Å². The molecule has 2 N–H and O–H groups in total. The molecule has 0 aliphatic rings. The predicted octanol–water partition coefficient (Wildman–Crippen LogP) is 3.39. The van der Waals surface area contributed by atoms with Crippen LogP contribution in [0.3, 0.4) is 0 Å².